The van der Waals surface area contributed by atoms with Crippen LogP contribution < -0.4 is 25.7 Å². The van der Waals surface area contributed by atoms with Crippen molar-refractivity contribution in [2.75, 3.05) is 37.1 Å². The number of quaternary nitrogens is 1. The number of halogens is 3. The van der Waals surface area contributed by atoms with Gasteiger partial charge in [-0.05, 0) is 55.2 Å². The number of ether oxygens (including phenoxy) is 2. The summed E-state index contributed by atoms with van der Waals surface area (Å²) in [6, 6.07) is 11.5. The molecule has 4 rings (SSSR count). The highest BCUT2D eigenvalue weighted by Crippen LogP contribution is 2.25. The largest absolute Gasteiger partial charge is 0.573 e. The predicted molar refractivity (Wildman–Crippen MR) is 133 cm³/mol. The molecule has 2 heterocycles. The fraction of sp³-hybridized carbons (Fsp3) is 0.480. The smallest absolute Gasteiger partial charge is 0.418 e. The summed E-state index contributed by atoms with van der Waals surface area (Å²) in [4.78, 5) is 13.8. The van der Waals surface area contributed by atoms with Crippen molar-refractivity contribution in [3.05, 3.63) is 59.0 Å². The Balaban J connectivity index is 1.16. The van der Waals surface area contributed by atoms with E-state index in [1.807, 2.05) is 25.1 Å². The van der Waals surface area contributed by atoms with Gasteiger partial charge in [0.25, 0.3) is 0 Å². The molecule has 2 aliphatic heterocycles. The van der Waals surface area contributed by atoms with E-state index in [0.717, 1.165) is 60.1 Å². The number of nitrogens with one attached hydrogen (secondary N) is 4. The number of carbonyl (C=O) groups is 1. The number of hydrogen-bond donors (Lipinski definition) is 4. The number of amides is 1. The monoisotopic (exact) mass is 522 g/mol. The van der Waals surface area contributed by atoms with E-state index in [1.54, 1.807) is 12.1 Å². The zero-order valence-electron chi connectivity index (χ0n) is 20.9. The lowest BCUT2D eigenvalue weighted by molar-refractivity contribution is -0.865. The van der Waals surface area contributed by atoms with Crippen molar-refractivity contribution in [2.24, 2.45) is 0 Å². The first-order chi connectivity index (χ1) is 17.6. The van der Waals surface area contributed by atoms with Crippen LogP contribution in [0.4, 0.5) is 24.5 Å². The maximum atomic E-state index is 12.3. The van der Waals surface area contributed by atoms with E-state index >= 15 is 0 Å². The molecule has 4 N–H and O–H groups in total. The molecule has 0 aromatic heterocycles. The standard InChI is InChI=1S/C25H33F3N6O3/c1-17-22(30-18(2)35)4-3-5-23(17)31-24-29-15-34(32-24)16-33-12-10-20(11-13-33)36-14-19-6-8-21(9-7-19)37-25(26,27)28/h3-9,20,24,29,31,34H,10-16H2,1-2H3,(H,30,35). The lowest BCUT2D eigenvalue weighted by atomic mass is 10.1. The van der Waals surface area contributed by atoms with E-state index in [2.05, 4.69) is 25.6 Å². The molecule has 2 atom stereocenters. The highest BCUT2D eigenvalue weighted by Gasteiger charge is 2.31. The Morgan fingerprint density at radius 3 is 2.54 bits per heavy atom. The number of rotatable bonds is 9. The molecule has 2 aliphatic rings. The zero-order chi connectivity index (χ0) is 26.4. The minimum Gasteiger partial charge on any atom is -0.418 e. The quantitative estimate of drug-likeness (QED) is 0.405. The second kappa shape index (κ2) is 12.1. The van der Waals surface area contributed by atoms with Gasteiger partial charge in [0.1, 0.15) is 19.1 Å². The molecule has 0 spiro atoms. The Hall–Kier alpha value is -2.90. The number of likely N-dealkylation sites (tertiary alicyclic amines) is 1. The van der Waals surface area contributed by atoms with Crippen LogP contribution in [-0.4, -0.2) is 56.0 Å². The maximum Gasteiger partial charge on any atom is 0.573 e. The highest BCUT2D eigenvalue weighted by atomic mass is 19.4. The number of benzene rings is 2. The van der Waals surface area contributed by atoms with Gasteiger partial charge in [0.15, 0.2) is 0 Å². The molecule has 2 aromatic rings. The van der Waals surface area contributed by atoms with E-state index in [0.29, 0.717) is 13.3 Å². The second-order valence-electron chi connectivity index (χ2n) is 9.26. The molecule has 0 aliphatic carbocycles. The third-order valence-corrected chi connectivity index (χ3v) is 6.33. The van der Waals surface area contributed by atoms with Gasteiger partial charge in [-0.15, -0.1) is 13.2 Å². The lowest BCUT2D eigenvalue weighted by Crippen LogP contribution is -3.08. The molecular weight excluding hydrogens is 489 g/mol. The van der Waals surface area contributed by atoms with Crippen LogP contribution >= 0.6 is 0 Å². The van der Waals surface area contributed by atoms with Gasteiger partial charge < -0.3 is 30.5 Å². The SMILES string of the molecule is CC(=O)Nc1cccc(NC2[N-][NH+](CN3CCC(OCc4ccc(OC(F)(F)F)cc4)CC3)CN2)c1C. The topological polar surface area (TPSA) is 93.4 Å². The summed E-state index contributed by atoms with van der Waals surface area (Å²) in [5.41, 5.74) is 8.23. The second-order valence-corrected chi connectivity index (χ2v) is 9.26. The molecule has 202 valence electrons. The third-order valence-electron chi connectivity index (χ3n) is 6.33. The summed E-state index contributed by atoms with van der Waals surface area (Å²) in [7, 11) is 0. The van der Waals surface area contributed by atoms with E-state index < -0.39 is 6.36 Å². The summed E-state index contributed by atoms with van der Waals surface area (Å²) in [5.74, 6) is -0.345. The van der Waals surface area contributed by atoms with Crippen LogP contribution in [0.3, 0.4) is 0 Å². The molecule has 0 saturated carbocycles. The van der Waals surface area contributed by atoms with Crippen molar-refractivity contribution in [1.29, 1.82) is 0 Å². The molecule has 0 bridgehead atoms. The summed E-state index contributed by atoms with van der Waals surface area (Å²) in [5, 5.41) is 10.7. The van der Waals surface area contributed by atoms with Crippen LogP contribution in [0.15, 0.2) is 42.5 Å². The van der Waals surface area contributed by atoms with Gasteiger partial charge in [-0.1, -0.05) is 18.2 Å². The molecule has 0 radical (unpaired) electrons. The Labute approximate surface area is 214 Å². The molecule has 2 saturated heterocycles. The first-order valence-corrected chi connectivity index (χ1v) is 12.3. The number of hydrogen-bond acceptors (Lipinski definition) is 6. The number of alkyl halides is 3. The normalized spacial score (nSPS) is 21.1. The maximum absolute atomic E-state index is 12.3. The van der Waals surface area contributed by atoms with Crippen LogP contribution in [0.25, 0.3) is 5.43 Å². The van der Waals surface area contributed by atoms with Crippen molar-refractivity contribution in [3.8, 4) is 5.75 Å². The summed E-state index contributed by atoms with van der Waals surface area (Å²) >= 11 is 0. The van der Waals surface area contributed by atoms with Gasteiger partial charge in [-0.2, -0.15) is 0 Å². The highest BCUT2D eigenvalue weighted by molar-refractivity contribution is 5.90. The summed E-state index contributed by atoms with van der Waals surface area (Å²) in [6.45, 7) is 7.05. The van der Waals surface area contributed by atoms with Crippen molar-refractivity contribution < 1.29 is 32.4 Å². The lowest BCUT2D eigenvalue weighted by Gasteiger charge is -2.36. The summed E-state index contributed by atoms with van der Waals surface area (Å²) in [6.07, 6.45) is -3.04. The van der Waals surface area contributed by atoms with Crippen molar-refractivity contribution in [3.63, 3.8) is 0 Å². The van der Waals surface area contributed by atoms with E-state index in [1.165, 1.54) is 19.1 Å². The molecule has 2 aromatic carbocycles. The Morgan fingerprint density at radius 2 is 1.86 bits per heavy atom. The molecular formula is C25H33F3N6O3. The van der Waals surface area contributed by atoms with Crippen LogP contribution in [0.5, 0.6) is 5.75 Å². The average Bonchev–Trinajstić information content (AvgIpc) is 3.27. The molecule has 2 unspecified atom stereocenters. The van der Waals surface area contributed by atoms with Gasteiger partial charge in [-0.25, -0.2) is 0 Å². The third kappa shape index (κ3) is 8.30. The molecule has 12 heteroatoms. The average molecular weight is 523 g/mol. The first kappa shape index (κ1) is 27.1. The van der Waals surface area contributed by atoms with Crippen LogP contribution in [0.2, 0.25) is 0 Å². The predicted octanol–water partition coefficient (Wildman–Crippen LogP) is 2.92. The van der Waals surface area contributed by atoms with Crippen LogP contribution in [0.1, 0.15) is 30.9 Å². The Bertz CT molecular complexity index is 1040. The first-order valence-electron chi connectivity index (χ1n) is 12.3. The van der Waals surface area contributed by atoms with Gasteiger partial charge in [0, 0.05) is 37.7 Å². The fourth-order valence-electron chi connectivity index (χ4n) is 4.43. The van der Waals surface area contributed by atoms with E-state index in [-0.39, 0.29) is 24.1 Å². The number of piperidine rings is 1. The van der Waals surface area contributed by atoms with Crippen LogP contribution in [0, 0.1) is 6.92 Å². The van der Waals surface area contributed by atoms with Crippen molar-refractivity contribution in [1.82, 2.24) is 10.2 Å². The molecule has 2 fully saturated rings. The van der Waals surface area contributed by atoms with Gasteiger partial charge in [0.05, 0.1) is 12.7 Å². The number of anilines is 2. The molecule has 37 heavy (non-hydrogen) atoms. The van der Waals surface area contributed by atoms with Crippen LogP contribution in [-0.2, 0) is 16.1 Å². The minimum atomic E-state index is -4.69. The Kier molecular flexibility index (Phi) is 8.87. The van der Waals surface area contributed by atoms with E-state index in [9.17, 15) is 18.0 Å². The van der Waals surface area contributed by atoms with Crippen molar-refractivity contribution >= 4 is 17.3 Å². The zero-order valence-corrected chi connectivity index (χ0v) is 20.9. The Morgan fingerprint density at radius 1 is 1.16 bits per heavy atom. The molecule has 9 nitrogen and oxygen atoms in total. The number of carbonyl (C=O) groups excluding carboxylic acids is 1. The van der Waals surface area contributed by atoms with Gasteiger partial charge in [-0.3, -0.25) is 15.0 Å². The van der Waals surface area contributed by atoms with E-state index in [4.69, 9.17) is 10.2 Å². The van der Waals surface area contributed by atoms with Gasteiger partial charge in [0.2, 0.25) is 5.91 Å². The number of nitrogens with zero attached hydrogens (tertiary/aromatic N) is 2. The van der Waals surface area contributed by atoms with Crippen molar-refractivity contribution in [2.45, 2.75) is 52.1 Å². The fourth-order valence-corrected chi connectivity index (χ4v) is 4.43. The molecule has 1 amide bonds. The summed E-state index contributed by atoms with van der Waals surface area (Å²) < 4.78 is 46.7. The minimum absolute atomic E-state index is 0.109. The van der Waals surface area contributed by atoms with Gasteiger partial charge >= 0.3 is 6.36 Å².